The van der Waals surface area contributed by atoms with Crippen molar-refractivity contribution < 1.29 is 4.79 Å². The SMILES string of the molecule is C[C@H](CCC(N)=O)CC[C@H]1[C@@H](C)CC[C@H]2C(C)(C)CCC[C@]12C. The molecule has 2 heteroatoms. The number of carbonyl (C=O) groups excluding carboxylic acids is 1. The van der Waals surface area contributed by atoms with Crippen molar-refractivity contribution in [2.45, 2.75) is 92.4 Å². The van der Waals surface area contributed by atoms with E-state index >= 15 is 0 Å². The molecular formula is C21H39NO. The van der Waals surface area contributed by atoms with Gasteiger partial charge in [-0.3, -0.25) is 4.79 Å². The lowest BCUT2D eigenvalue weighted by atomic mass is 9.46. The maximum absolute atomic E-state index is 11.0. The zero-order valence-electron chi connectivity index (χ0n) is 16.2. The quantitative estimate of drug-likeness (QED) is 0.685. The van der Waals surface area contributed by atoms with Crippen molar-refractivity contribution in [3.63, 3.8) is 0 Å². The molecule has 0 radical (unpaired) electrons. The van der Waals surface area contributed by atoms with E-state index in [-0.39, 0.29) is 5.91 Å². The van der Waals surface area contributed by atoms with Crippen molar-refractivity contribution in [2.75, 3.05) is 0 Å². The number of fused-ring (bicyclic) bond motifs is 1. The smallest absolute Gasteiger partial charge is 0.217 e. The highest BCUT2D eigenvalue weighted by molar-refractivity contribution is 5.73. The lowest BCUT2D eigenvalue weighted by molar-refractivity contribution is -0.118. The molecule has 0 heterocycles. The van der Waals surface area contributed by atoms with Crippen LogP contribution in [0.25, 0.3) is 0 Å². The molecule has 5 atom stereocenters. The average molecular weight is 322 g/mol. The van der Waals surface area contributed by atoms with Crippen molar-refractivity contribution >= 4 is 5.91 Å². The van der Waals surface area contributed by atoms with E-state index in [1.54, 1.807) is 0 Å². The van der Waals surface area contributed by atoms with Gasteiger partial charge in [-0.2, -0.15) is 0 Å². The fourth-order valence-corrected chi connectivity index (χ4v) is 6.22. The van der Waals surface area contributed by atoms with Crippen LogP contribution in [0.15, 0.2) is 0 Å². The Morgan fingerprint density at radius 3 is 2.52 bits per heavy atom. The summed E-state index contributed by atoms with van der Waals surface area (Å²) in [5.41, 5.74) is 6.35. The van der Waals surface area contributed by atoms with E-state index in [1.165, 1.54) is 44.9 Å². The fourth-order valence-electron chi connectivity index (χ4n) is 6.22. The van der Waals surface area contributed by atoms with Gasteiger partial charge in [0.2, 0.25) is 5.91 Å². The van der Waals surface area contributed by atoms with Gasteiger partial charge in [-0.1, -0.05) is 53.9 Å². The first-order valence-electron chi connectivity index (χ1n) is 9.95. The molecular weight excluding hydrogens is 282 g/mol. The molecule has 2 fully saturated rings. The summed E-state index contributed by atoms with van der Waals surface area (Å²) in [6.45, 7) is 12.4. The van der Waals surface area contributed by atoms with Gasteiger partial charge >= 0.3 is 0 Å². The summed E-state index contributed by atoms with van der Waals surface area (Å²) in [7, 11) is 0. The number of amides is 1. The van der Waals surface area contributed by atoms with Crippen LogP contribution in [0.4, 0.5) is 0 Å². The highest BCUT2D eigenvalue weighted by Gasteiger charge is 2.53. The van der Waals surface area contributed by atoms with Crippen molar-refractivity contribution in [1.82, 2.24) is 0 Å². The van der Waals surface area contributed by atoms with Crippen molar-refractivity contribution in [2.24, 2.45) is 40.2 Å². The summed E-state index contributed by atoms with van der Waals surface area (Å²) < 4.78 is 0. The Labute approximate surface area is 144 Å². The van der Waals surface area contributed by atoms with Crippen molar-refractivity contribution in [3.05, 3.63) is 0 Å². The molecule has 0 spiro atoms. The van der Waals surface area contributed by atoms with Gasteiger partial charge < -0.3 is 5.73 Å². The number of hydrogen-bond donors (Lipinski definition) is 1. The predicted octanol–water partition coefficient (Wildman–Crippen LogP) is 5.55. The molecule has 0 aliphatic heterocycles. The lowest BCUT2D eigenvalue weighted by Crippen LogP contribution is -2.51. The zero-order chi connectivity index (χ0) is 17.3. The molecule has 0 aromatic rings. The van der Waals surface area contributed by atoms with Crippen LogP contribution in [0.5, 0.6) is 0 Å². The number of hydrogen-bond acceptors (Lipinski definition) is 1. The second-order valence-electron chi connectivity index (χ2n) is 9.75. The number of rotatable bonds is 6. The molecule has 2 aliphatic carbocycles. The largest absolute Gasteiger partial charge is 0.370 e. The first-order valence-corrected chi connectivity index (χ1v) is 9.95. The third-order valence-electron chi connectivity index (χ3n) is 7.57. The number of carbonyl (C=O) groups is 1. The molecule has 23 heavy (non-hydrogen) atoms. The third-order valence-corrected chi connectivity index (χ3v) is 7.57. The lowest BCUT2D eigenvalue weighted by Gasteiger charge is -2.59. The Balaban J connectivity index is 2.02. The zero-order valence-corrected chi connectivity index (χ0v) is 16.2. The normalized spacial score (nSPS) is 37.9. The van der Waals surface area contributed by atoms with E-state index < -0.39 is 0 Å². The molecule has 2 rings (SSSR count). The maximum atomic E-state index is 11.0. The van der Waals surface area contributed by atoms with E-state index in [2.05, 4.69) is 34.6 Å². The summed E-state index contributed by atoms with van der Waals surface area (Å²) in [6, 6.07) is 0. The number of nitrogens with two attached hydrogens (primary N) is 1. The van der Waals surface area contributed by atoms with Gasteiger partial charge in [-0.15, -0.1) is 0 Å². The number of primary amides is 1. The Kier molecular flexibility index (Phi) is 5.85. The molecule has 2 N–H and O–H groups in total. The Bertz CT molecular complexity index is 416. The molecule has 134 valence electrons. The first kappa shape index (κ1) is 18.8. The Morgan fingerprint density at radius 1 is 1.17 bits per heavy atom. The molecule has 0 aromatic carbocycles. The van der Waals surface area contributed by atoms with Gasteiger partial charge in [0.1, 0.15) is 0 Å². The topological polar surface area (TPSA) is 43.1 Å². The van der Waals surface area contributed by atoms with Crippen molar-refractivity contribution in [1.29, 1.82) is 0 Å². The summed E-state index contributed by atoms with van der Waals surface area (Å²) in [6.07, 6.45) is 11.2. The molecule has 0 saturated heterocycles. The molecule has 2 saturated carbocycles. The van der Waals surface area contributed by atoms with Gasteiger partial charge in [0.15, 0.2) is 0 Å². The summed E-state index contributed by atoms with van der Waals surface area (Å²) in [5.74, 6) is 3.08. The highest BCUT2D eigenvalue weighted by atomic mass is 16.1. The third kappa shape index (κ3) is 4.12. The minimum atomic E-state index is -0.149. The summed E-state index contributed by atoms with van der Waals surface area (Å²) >= 11 is 0. The minimum absolute atomic E-state index is 0.149. The van der Waals surface area contributed by atoms with Crippen LogP contribution in [0, 0.1) is 34.5 Å². The van der Waals surface area contributed by atoms with E-state index in [4.69, 9.17) is 5.73 Å². The van der Waals surface area contributed by atoms with Gasteiger partial charge in [0, 0.05) is 6.42 Å². The molecule has 0 bridgehead atoms. The molecule has 0 unspecified atom stereocenters. The predicted molar refractivity (Wildman–Crippen MR) is 97.9 cm³/mol. The van der Waals surface area contributed by atoms with Crippen LogP contribution < -0.4 is 5.73 Å². The molecule has 2 aliphatic rings. The van der Waals surface area contributed by atoms with Crippen LogP contribution in [0.3, 0.4) is 0 Å². The van der Waals surface area contributed by atoms with E-state index in [0.717, 1.165) is 24.2 Å². The summed E-state index contributed by atoms with van der Waals surface area (Å²) in [5, 5.41) is 0. The second-order valence-corrected chi connectivity index (χ2v) is 9.75. The standard InChI is InChI=1S/C21H39NO/c1-15(8-12-19(22)23)7-10-17-16(2)9-11-18-20(3,4)13-6-14-21(17,18)5/h15-18H,6-14H2,1-5H3,(H2,22,23)/t15-,16-,17-,18-,21+/m0/s1. The molecule has 2 nitrogen and oxygen atoms in total. The maximum Gasteiger partial charge on any atom is 0.217 e. The van der Waals surface area contributed by atoms with Crippen LogP contribution in [-0.2, 0) is 4.79 Å². The van der Waals surface area contributed by atoms with E-state index in [1.807, 2.05) is 0 Å². The average Bonchev–Trinajstić information content (AvgIpc) is 2.43. The van der Waals surface area contributed by atoms with Crippen molar-refractivity contribution in [3.8, 4) is 0 Å². The van der Waals surface area contributed by atoms with E-state index in [9.17, 15) is 4.79 Å². The highest BCUT2D eigenvalue weighted by Crippen LogP contribution is 2.62. The summed E-state index contributed by atoms with van der Waals surface area (Å²) in [4.78, 5) is 11.0. The van der Waals surface area contributed by atoms with Gasteiger partial charge in [-0.25, -0.2) is 0 Å². The first-order chi connectivity index (χ1) is 10.7. The van der Waals surface area contributed by atoms with Crippen LogP contribution in [0.2, 0.25) is 0 Å². The molecule has 1 amide bonds. The Morgan fingerprint density at radius 2 is 1.87 bits per heavy atom. The van der Waals surface area contributed by atoms with Crippen LogP contribution >= 0.6 is 0 Å². The minimum Gasteiger partial charge on any atom is -0.370 e. The second kappa shape index (κ2) is 7.15. The van der Waals surface area contributed by atoms with Gasteiger partial charge in [0.25, 0.3) is 0 Å². The van der Waals surface area contributed by atoms with Gasteiger partial charge in [-0.05, 0) is 66.6 Å². The monoisotopic (exact) mass is 321 g/mol. The van der Waals surface area contributed by atoms with Crippen LogP contribution in [-0.4, -0.2) is 5.91 Å². The Hall–Kier alpha value is -0.530. The van der Waals surface area contributed by atoms with E-state index in [0.29, 0.717) is 23.2 Å². The van der Waals surface area contributed by atoms with Gasteiger partial charge in [0.05, 0.1) is 0 Å². The fraction of sp³-hybridized carbons (Fsp3) is 0.952. The molecule has 0 aromatic heterocycles. The van der Waals surface area contributed by atoms with Crippen LogP contribution in [0.1, 0.15) is 92.4 Å².